The zero-order valence-electron chi connectivity index (χ0n) is 9.57. The monoisotopic (exact) mass is 257 g/mol. The molecule has 0 spiro atoms. The van der Waals surface area contributed by atoms with Crippen LogP contribution in [0, 0.1) is 0 Å². The molecule has 2 rings (SSSR count). The maximum Gasteiger partial charge on any atom is 0.387 e. The molecule has 6 heteroatoms. The highest BCUT2D eigenvalue weighted by atomic mass is 19.3. The molecule has 0 aromatic heterocycles. The van der Waals surface area contributed by atoms with E-state index >= 15 is 0 Å². The minimum Gasteiger partial charge on any atom is -0.435 e. The quantitative estimate of drug-likeness (QED) is 0.866. The largest absolute Gasteiger partial charge is 0.435 e. The molecule has 4 nitrogen and oxygen atoms in total. The molecule has 1 amide bonds. The summed E-state index contributed by atoms with van der Waals surface area (Å²) in [5, 5.41) is 2.80. The Kier molecular flexibility index (Phi) is 4.09. The fraction of sp³-hybridized carbons (Fsp3) is 0.417. The zero-order valence-corrected chi connectivity index (χ0v) is 9.57. The first kappa shape index (κ1) is 12.8. The lowest BCUT2D eigenvalue weighted by atomic mass is 10.1. The van der Waals surface area contributed by atoms with Gasteiger partial charge in [-0.2, -0.15) is 8.78 Å². The zero-order chi connectivity index (χ0) is 13.0. The molecule has 1 saturated heterocycles. The van der Waals surface area contributed by atoms with E-state index in [0.717, 1.165) is 5.56 Å². The van der Waals surface area contributed by atoms with Crippen molar-refractivity contribution in [3.8, 4) is 5.75 Å². The van der Waals surface area contributed by atoms with E-state index in [1.165, 1.54) is 12.1 Å². The number of carbonyl (C=O) groups excluding carboxylic acids is 1. The Bertz CT molecular complexity index is 404. The third-order valence-electron chi connectivity index (χ3n) is 2.52. The highest BCUT2D eigenvalue weighted by molar-refractivity contribution is 5.79. The number of hydrogen-bond acceptors (Lipinski definition) is 3. The van der Waals surface area contributed by atoms with E-state index in [9.17, 15) is 13.6 Å². The van der Waals surface area contributed by atoms with Crippen LogP contribution < -0.4 is 10.1 Å². The molecule has 0 radical (unpaired) electrons. The molecule has 0 saturated carbocycles. The summed E-state index contributed by atoms with van der Waals surface area (Å²) >= 11 is 0. The van der Waals surface area contributed by atoms with Crippen LogP contribution in [0.5, 0.6) is 5.75 Å². The van der Waals surface area contributed by atoms with Crippen molar-refractivity contribution in [3.63, 3.8) is 0 Å². The first-order chi connectivity index (χ1) is 8.63. The molecule has 1 fully saturated rings. The standard InChI is InChI=1S/C12H13F2NO3/c13-12(14)18-10-3-1-8(2-4-10)5-11(16)15-9-6-17-7-9/h1-4,9,12H,5-7H2,(H,15,16). The summed E-state index contributed by atoms with van der Waals surface area (Å²) in [6.07, 6.45) is 0.214. The van der Waals surface area contributed by atoms with Gasteiger partial charge in [0.1, 0.15) is 5.75 Å². The van der Waals surface area contributed by atoms with Gasteiger partial charge in [0.2, 0.25) is 5.91 Å². The molecular formula is C12H13F2NO3. The molecule has 1 aliphatic rings. The Morgan fingerprint density at radius 2 is 2.06 bits per heavy atom. The predicted molar refractivity (Wildman–Crippen MR) is 59.5 cm³/mol. The minimum absolute atomic E-state index is 0.0848. The summed E-state index contributed by atoms with van der Waals surface area (Å²) in [5.41, 5.74) is 0.745. The Morgan fingerprint density at radius 3 is 2.56 bits per heavy atom. The van der Waals surface area contributed by atoms with Crippen molar-refractivity contribution in [2.24, 2.45) is 0 Å². The van der Waals surface area contributed by atoms with Gasteiger partial charge in [-0.1, -0.05) is 12.1 Å². The van der Waals surface area contributed by atoms with Gasteiger partial charge in [-0.05, 0) is 17.7 Å². The predicted octanol–water partition coefficient (Wildman–Crippen LogP) is 1.35. The lowest BCUT2D eigenvalue weighted by Crippen LogP contribution is -2.49. The van der Waals surface area contributed by atoms with Gasteiger partial charge in [0.05, 0.1) is 25.7 Å². The van der Waals surface area contributed by atoms with Crippen LogP contribution in [0.3, 0.4) is 0 Å². The number of ether oxygens (including phenoxy) is 2. The lowest BCUT2D eigenvalue weighted by molar-refractivity contribution is -0.124. The summed E-state index contributed by atoms with van der Waals surface area (Å²) < 4.78 is 33.0. The Labute approximate surface area is 103 Å². The molecule has 0 bridgehead atoms. The molecule has 0 atom stereocenters. The van der Waals surface area contributed by atoms with Crippen molar-refractivity contribution in [1.29, 1.82) is 0 Å². The molecule has 1 aromatic rings. The van der Waals surface area contributed by atoms with Crippen molar-refractivity contribution < 1.29 is 23.0 Å². The van der Waals surface area contributed by atoms with E-state index in [1.807, 2.05) is 0 Å². The molecule has 1 aromatic carbocycles. The van der Waals surface area contributed by atoms with E-state index in [4.69, 9.17) is 4.74 Å². The molecule has 0 unspecified atom stereocenters. The van der Waals surface area contributed by atoms with Gasteiger partial charge >= 0.3 is 6.61 Å². The van der Waals surface area contributed by atoms with Gasteiger partial charge in [0.25, 0.3) is 0 Å². The number of benzene rings is 1. The van der Waals surface area contributed by atoms with Crippen molar-refractivity contribution >= 4 is 5.91 Å². The number of carbonyl (C=O) groups is 1. The molecule has 1 heterocycles. The van der Waals surface area contributed by atoms with E-state index in [1.54, 1.807) is 12.1 Å². The molecule has 18 heavy (non-hydrogen) atoms. The van der Waals surface area contributed by atoms with Crippen molar-refractivity contribution in [1.82, 2.24) is 5.32 Å². The molecular weight excluding hydrogens is 244 g/mol. The number of nitrogens with one attached hydrogen (secondary N) is 1. The maximum atomic E-state index is 11.9. The summed E-state index contributed by atoms with van der Waals surface area (Å²) in [5.74, 6) is -0.0209. The van der Waals surface area contributed by atoms with Crippen LogP contribution in [-0.4, -0.2) is 31.8 Å². The summed E-state index contributed by atoms with van der Waals surface area (Å²) in [7, 11) is 0. The van der Waals surface area contributed by atoms with Crippen LogP contribution in [0.15, 0.2) is 24.3 Å². The summed E-state index contributed by atoms with van der Waals surface area (Å²) in [4.78, 5) is 11.6. The van der Waals surface area contributed by atoms with E-state index in [2.05, 4.69) is 10.1 Å². The second-order valence-electron chi connectivity index (χ2n) is 4.00. The van der Waals surface area contributed by atoms with E-state index < -0.39 is 6.61 Å². The fourth-order valence-corrected chi connectivity index (χ4v) is 1.57. The van der Waals surface area contributed by atoms with Gasteiger partial charge in [-0.15, -0.1) is 0 Å². The normalized spacial score (nSPS) is 15.3. The second kappa shape index (κ2) is 5.77. The van der Waals surface area contributed by atoms with Crippen LogP contribution in [0.2, 0.25) is 0 Å². The third kappa shape index (κ3) is 3.66. The lowest BCUT2D eigenvalue weighted by Gasteiger charge is -2.26. The van der Waals surface area contributed by atoms with Crippen LogP contribution >= 0.6 is 0 Å². The smallest absolute Gasteiger partial charge is 0.387 e. The molecule has 1 aliphatic heterocycles. The number of rotatable bonds is 5. The minimum atomic E-state index is -2.84. The first-order valence-corrected chi connectivity index (χ1v) is 5.54. The Morgan fingerprint density at radius 1 is 1.39 bits per heavy atom. The van der Waals surface area contributed by atoms with Crippen LogP contribution in [-0.2, 0) is 16.0 Å². The fourth-order valence-electron chi connectivity index (χ4n) is 1.57. The van der Waals surface area contributed by atoms with Gasteiger partial charge in [-0.25, -0.2) is 0 Å². The van der Waals surface area contributed by atoms with Gasteiger partial charge in [0, 0.05) is 0 Å². The highest BCUT2D eigenvalue weighted by Crippen LogP contribution is 2.15. The average molecular weight is 257 g/mol. The Hall–Kier alpha value is -1.69. The van der Waals surface area contributed by atoms with Crippen LogP contribution in [0.1, 0.15) is 5.56 Å². The maximum absolute atomic E-state index is 11.9. The first-order valence-electron chi connectivity index (χ1n) is 5.54. The Balaban J connectivity index is 1.83. The highest BCUT2D eigenvalue weighted by Gasteiger charge is 2.20. The van der Waals surface area contributed by atoms with E-state index in [0.29, 0.717) is 13.2 Å². The SMILES string of the molecule is O=C(Cc1ccc(OC(F)F)cc1)NC1COC1. The number of hydrogen-bond donors (Lipinski definition) is 1. The number of halogens is 2. The average Bonchev–Trinajstić information content (AvgIpc) is 2.26. The molecule has 0 aliphatic carbocycles. The van der Waals surface area contributed by atoms with E-state index in [-0.39, 0.29) is 24.1 Å². The third-order valence-corrected chi connectivity index (χ3v) is 2.52. The summed E-state index contributed by atoms with van der Waals surface area (Å²) in [6.45, 7) is -1.74. The number of alkyl halides is 2. The topological polar surface area (TPSA) is 47.6 Å². The second-order valence-corrected chi connectivity index (χ2v) is 4.00. The van der Waals surface area contributed by atoms with Gasteiger partial charge in [0.15, 0.2) is 0 Å². The van der Waals surface area contributed by atoms with Crippen molar-refractivity contribution in [3.05, 3.63) is 29.8 Å². The van der Waals surface area contributed by atoms with Crippen LogP contribution in [0.25, 0.3) is 0 Å². The number of amides is 1. The van der Waals surface area contributed by atoms with Crippen molar-refractivity contribution in [2.45, 2.75) is 19.1 Å². The van der Waals surface area contributed by atoms with Gasteiger partial charge < -0.3 is 14.8 Å². The molecule has 98 valence electrons. The molecule has 1 N–H and O–H groups in total. The van der Waals surface area contributed by atoms with Crippen molar-refractivity contribution in [2.75, 3.05) is 13.2 Å². The summed E-state index contributed by atoms with van der Waals surface area (Å²) in [6, 6.07) is 6.12. The van der Waals surface area contributed by atoms with Gasteiger partial charge in [-0.3, -0.25) is 4.79 Å². The van der Waals surface area contributed by atoms with Crippen LogP contribution in [0.4, 0.5) is 8.78 Å².